The van der Waals surface area contributed by atoms with Gasteiger partial charge < -0.3 is 16.4 Å². The average molecular weight is 215 g/mol. The number of nitrogens with one attached hydrogen (secondary N) is 2. The van der Waals surface area contributed by atoms with E-state index in [1.807, 2.05) is 0 Å². The van der Waals surface area contributed by atoms with E-state index in [1.165, 1.54) is 0 Å². The molecule has 0 saturated heterocycles. The molecule has 0 atom stereocenters. The molecule has 0 fully saturated rings. The Morgan fingerprint density at radius 1 is 1.33 bits per heavy atom. The lowest BCUT2D eigenvalue weighted by Gasteiger charge is -2.20. The minimum Gasteiger partial charge on any atom is -0.369 e. The van der Waals surface area contributed by atoms with Gasteiger partial charge in [-0.25, -0.2) is 0 Å². The molecule has 0 aliphatic heterocycles. The maximum atomic E-state index is 11.0. The van der Waals surface area contributed by atoms with E-state index < -0.39 is 5.41 Å². The van der Waals surface area contributed by atoms with Crippen molar-refractivity contribution in [3.8, 4) is 0 Å². The van der Waals surface area contributed by atoms with Gasteiger partial charge in [0.2, 0.25) is 11.8 Å². The van der Waals surface area contributed by atoms with E-state index in [2.05, 4.69) is 10.6 Å². The maximum absolute atomic E-state index is 11.0. The number of hydrogen-bond acceptors (Lipinski definition) is 3. The Balaban J connectivity index is 3.55. The molecule has 0 aromatic heterocycles. The van der Waals surface area contributed by atoms with E-state index in [9.17, 15) is 9.59 Å². The maximum Gasteiger partial charge on any atom is 0.224 e. The normalized spacial score (nSPS) is 11.1. The number of primary amides is 1. The van der Waals surface area contributed by atoms with Gasteiger partial charge >= 0.3 is 0 Å². The van der Waals surface area contributed by atoms with Gasteiger partial charge in [-0.1, -0.05) is 0 Å². The fourth-order valence-corrected chi connectivity index (χ4v) is 0.987. The molecule has 0 heterocycles. The summed E-state index contributed by atoms with van der Waals surface area (Å²) in [5.74, 6) is -0.285. The molecule has 5 nitrogen and oxygen atoms in total. The summed E-state index contributed by atoms with van der Waals surface area (Å²) in [5, 5.41) is 5.66. The molecule has 15 heavy (non-hydrogen) atoms. The molecular weight excluding hydrogens is 194 g/mol. The van der Waals surface area contributed by atoms with Crippen molar-refractivity contribution in [1.29, 1.82) is 0 Å². The lowest BCUT2D eigenvalue weighted by atomic mass is 9.93. The second kappa shape index (κ2) is 6.40. The van der Waals surface area contributed by atoms with Crippen LogP contribution in [0.15, 0.2) is 0 Å². The molecule has 0 spiro atoms. The van der Waals surface area contributed by atoms with Crippen molar-refractivity contribution in [1.82, 2.24) is 10.6 Å². The van der Waals surface area contributed by atoms with Crippen LogP contribution in [-0.2, 0) is 9.59 Å². The van der Waals surface area contributed by atoms with Gasteiger partial charge in [-0.2, -0.15) is 0 Å². The van der Waals surface area contributed by atoms with Crippen LogP contribution in [0.5, 0.6) is 0 Å². The first-order chi connectivity index (χ1) is 6.90. The monoisotopic (exact) mass is 215 g/mol. The number of carbonyl (C=O) groups is 2. The highest BCUT2D eigenvalue weighted by atomic mass is 16.2. The van der Waals surface area contributed by atoms with E-state index in [1.54, 1.807) is 20.9 Å². The molecule has 0 saturated carbocycles. The summed E-state index contributed by atoms with van der Waals surface area (Å²) in [5.41, 5.74) is 4.68. The topological polar surface area (TPSA) is 84.2 Å². The Kier molecular flexibility index (Phi) is 5.93. The minimum atomic E-state index is -0.535. The molecule has 88 valence electrons. The lowest BCUT2D eigenvalue weighted by molar-refractivity contribution is -0.126. The van der Waals surface area contributed by atoms with Crippen LogP contribution in [0.1, 0.15) is 26.7 Å². The predicted octanol–water partition coefficient (Wildman–Crippen LogP) is -0.386. The molecule has 0 aromatic carbocycles. The second-order valence-corrected chi connectivity index (χ2v) is 4.20. The first-order valence-corrected chi connectivity index (χ1v) is 5.11. The third kappa shape index (κ3) is 6.06. The van der Waals surface area contributed by atoms with Crippen LogP contribution in [0.2, 0.25) is 0 Å². The number of carbonyl (C=O) groups excluding carboxylic acids is 2. The van der Waals surface area contributed by atoms with Crippen LogP contribution >= 0.6 is 0 Å². The second-order valence-electron chi connectivity index (χ2n) is 4.20. The highest BCUT2D eigenvalue weighted by molar-refractivity contribution is 5.80. The summed E-state index contributed by atoms with van der Waals surface area (Å²) >= 11 is 0. The quantitative estimate of drug-likeness (QED) is 0.506. The third-order valence-corrected chi connectivity index (χ3v) is 2.27. The van der Waals surface area contributed by atoms with Crippen LogP contribution in [0.4, 0.5) is 0 Å². The molecule has 0 bridgehead atoms. The summed E-state index contributed by atoms with van der Waals surface area (Å²) < 4.78 is 0. The molecule has 0 rings (SSSR count). The Labute approximate surface area is 90.8 Å². The Hall–Kier alpha value is -1.10. The zero-order valence-electron chi connectivity index (χ0n) is 9.72. The van der Waals surface area contributed by atoms with Crippen molar-refractivity contribution in [2.45, 2.75) is 26.7 Å². The largest absolute Gasteiger partial charge is 0.369 e. The number of hydrogen-bond donors (Lipinski definition) is 3. The fraction of sp³-hybridized carbons (Fsp3) is 0.800. The fourth-order valence-electron chi connectivity index (χ4n) is 0.987. The molecular formula is C10H21N3O2. The van der Waals surface area contributed by atoms with Crippen LogP contribution in [0, 0.1) is 5.41 Å². The highest BCUT2D eigenvalue weighted by Gasteiger charge is 2.23. The van der Waals surface area contributed by atoms with Gasteiger partial charge in [0.1, 0.15) is 0 Å². The molecule has 5 heteroatoms. The third-order valence-electron chi connectivity index (χ3n) is 2.27. The van der Waals surface area contributed by atoms with Crippen molar-refractivity contribution in [2.75, 3.05) is 20.1 Å². The first kappa shape index (κ1) is 13.9. The van der Waals surface area contributed by atoms with Crippen molar-refractivity contribution < 1.29 is 9.59 Å². The van der Waals surface area contributed by atoms with E-state index in [4.69, 9.17) is 5.73 Å². The zero-order chi connectivity index (χ0) is 11.9. The molecule has 0 radical (unpaired) electrons. The van der Waals surface area contributed by atoms with Gasteiger partial charge in [0.25, 0.3) is 0 Å². The Morgan fingerprint density at radius 3 is 2.40 bits per heavy atom. The predicted molar refractivity (Wildman–Crippen MR) is 59.1 cm³/mol. The van der Waals surface area contributed by atoms with E-state index in [0.717, 1.165) is 6.42 Å². The van der Waals surface area contributed by atoms with E-state index in [0.29, 0.717) is 19.5 Å². The zero-order valence-corrected chi connectivity index (χ0v) is 9.72. The Bertz CT molecular complexity index is 227. The number of rotatable bonds is 7. The summed E-state index contributed by atoms with van der Waals surface area (Å²) in [6.45, 7) is 4.84. The number of nitrogens with two attached hydrogens (primary N) is 1. The van der Waals surface area contributed by atoms with Crippen molar-refractivity contribution in [3.05, 3.63) is 0 Å². The molecule has 0 unspecified atom stereocenters. The van der Waals surface area contributed by atoms with Crippen LogP contribution in [0.25, 0.3) is 0 Å². The molecule has 2 amide bonds. The highest BCUT2D eigenvalue weighted by Crippen LogP contribution is 2.11. The molecule has 0 aromatic rings. The van der Waals surface area contributed by atoms with Gasteiger partial charge in [-0.15, -0.1) is 0 Å². The average Bonchev–Trinajstić information content (AvgIpc) is 2.16. The van der Waals surface area contributed by atoms with E-state index >= 15 is 0 Å². The van der Waals surface area contributed by atoms with Gasteiger partial charge in [0.15, 0.2) is 0 Å². The number of amides is 2. The standard InChI is InChI=1S/C10H21N3O2/c1-10(2,9(11)15)7-13-6-4-5-8(14)12-3/h13H,4-7H2,1-3H3,(H2,11,15)(H,12,14). The lowest BCUT2D eigenvalue weighted by Crippen LogP contribution is -2.40. The first-order valence-electron chi connectivity index (χ1n) is 5.11. The van der Waals surface area contributed by atoms with Crippen molar-refractivity contribution in [2.24, 2.45) is 11.1 Å². The summed E-state index contributed by atoms with van der Waals surface area (Å²) in [4.78, 5) is 21.8. The summed E-state index contributed by atoms with van der Waals surface area (Å²) in [6, 6.07) is 0. The Morgan fingerprint density at radius 2 is 1.93 bits per heavy atom. The van der Waals surface area contributed by atoms with Crippen LogP contribution in [-0.4, -0.2) is 32.0 Å². The molecule has 0 aliphatic rings. The van der Waals surface area contributed by atoms with Crippen molar-refractivity contribution in [3.63, 3.8) is 0 Å². The van der Waals surface area contributed by atoms with Gasteiger partial charge in [-0.05, 0) is 26.8 Å². The smallest absolute Gasteiger partial charge is 0.224 e. The van der Waals surface area contributed by atoms with Gasteiger partial charge in [0, 0.05) is 20.0 Å². The van der Waals surface area contributed by atoms with Gasteiger partial charge in [-0.3, -0.25) is 9.59 Å². The van der Waals surface area contributed by atoms with Gasteiger partial charge in [0.05, 0.1) is 5.41 Å². The van der Waals surface area contributed by atoms with Crippen LogP contribution < -0.4 is 16.4 Å². The summed E-state index contributed by atoms with van der Waals surface area (Å²) in [6.07, 6.45) is 1.26. The molecule has 4 N–H and O–H groups in total. The summed E-state index contributed by atoms with van der Waals surface area (Å²) in [7, 11) is 1.62. The molecule has 0 aliphatic carbocycles. The van der Waals surface area contributed by atoms with Crippen LogP contribution in [0.3, 0.4) is 0 Å². The van der Waals surface area contributed by atoms with E-state index in [-0.39, 0.29) is 11.8 Å². The van der Waals surface area contributed by atoms with Crippen molar-refractivity contribution >= 4 is 11.8 Å². The minimum absolute atomic E-state index is 0.0333. The SMILES string of the molecule is CNC(=O)CCCNCC(C)(C)C(N)=O.